The molecule has 7 heteroatoms. The highest BCUT2D eigenvalue weighted by Gasteiger charge is 2.23. The molecule has 0 heterocycles. The van der Waals surface area contributed by atoms with Crippen molar-refractivity contribution in [3.63, 3.8) is 0 Å². The van der Waals surface area contributed by atoms with Crippen LogP contribution in [0.2, 0.25) is 5.02 Å². The lowest BCUT2D eigenvalue weighted by Crippen LogP contribution is -2.45. The van der Waals surface area contributed by atoms with Gasteiger partial charge in [-0.1, -0.05) is 35.9 Å². The maximum absolute atomic E-state index is 12.9. The van der Waals surface area contributed by atoms with Gasteiger partial charge in [0.05, 0.1) is 11.6 Å². The highest BCUT2D eigenvalue weighted by atomic mass is 35.5. The number of benzene rings is 2. The second-order valence-electron chi connectivity index (χ2n) is 5.95. The van der Waals surface area contributed by atoms with E-state index in [-0.39, 0.29) is 30.7 Å². The van der Waals surface area contributed by atoms with Gasteiger partial charge in [0.2, 0.25) is 5.91 Å². The second-order valence-corrected chi connectivity index (χ2v) is 6.35. The molecule has 2 rings (SSSR count). The van der Waals surface area contributed by atoms with Crippen LogP contribution in [0, 0.1) is 5.82 Å². The van der Waals surface area contributed by atoms with Crippen LogP contribution in [0.15, 0.2) is 48.5 Å². The summed E-state index contributed by atoms with van der Waals surface area (Å²) >= 11 is 6.04. The predicted molar refractivity (Wildman–Crippen MR) is 102 cm³/mol. The Kier molecular flexibility index (Phi) is 7.61. The molecular weight excluding hydrogens is 371 g/mol. The van der Waals surface area contributed by atoms with E-state index in [1.165, 1.54) is 17.0 Å². The number of amides is 2. The van der Waals surface area contributed by atoms with Gasteiger partial charge in [-0.2, -0.15) is 0 Å². The van der Waals surface area contributed by atoms with E-state index in [1.54, 1.807) is 50.2 Å². The summed E-state index contributed by atoms with van der Waals surface area (Å²) in [5, 5.41) is 3.13. The van der Waals surface area contributed by atoms with Crippen LogP contribution in [-0.2, 0) is 16.1 Å². The SMILES string of the molecule is CCN(CC(=O)NCc1ccc(F)cc1)C(=O)C(C)Oc1ccccc1Cl. The minimum atomic E-state index is -0.783. The first kappa shape index (κ1) is 20.7. The van der Waals surface area contributed by atoms with E-state index < -0.39 is 6.10 Å². The molecule has 0 fully saturated rings. The van der Waals surface area contributed by atoms with Gasteiger partial charge in [0.25, 0.3) is 5.91 Å². The van der Waals surface area contributed by atoms with Gasteiger partial charge in [-0.3, -0.25) is 9.59 Å². The molecule has 1 N–H and O–H groups in total. The molecule has 0 aliphatic carbocycles. The Morgan fingerprint density at radius 1 is 1.19 bits per heavy atom. The summed E-state index contributed by atoms with van der Waals surface area (Å²) < 4.78 is 18.5. The fourth-order valence-corrected chi connectivity index (χ4v) is 2.60. The van der Waals surface area contributed by atoms with Crippen molar-refractivity contribution in [1.82, 2.24) is 10.2 Å². The Labute approximate surface area is 163 Å². The third-order valence-corrected chi connectivity index (χ3v) is 4.23. The lowest BCUT2D eigenvalue weighted by molar-refractivity contribution is -0.141. The highest BCUT2D eigenvalue weighted by Crippen LogP contribution is 2.24. The van der Waals surface area contributed by atoms with Gasteiger partial charge in [0, 0.05) is 13.1 Å². The van der Waals surface area contributed by atoms with Gasteiger partial charge in [0.15, 0.2) is 6.10 Å². The predicted octanol–water partition coefficient (Wildman–Crippen LogP) is 3.41. The summed E-state index contributed by atoms with van der Waals surface area (Å²) in [7, 11) is 0. The molecule has 0 aliphatic heterocycles. The van der Waals surface area contributed by atoms with Crippen molar-refractivity contribution >= 4 is 23.4 Å². The molecular formula is C20H22ClFN2O3. The summed E-state index contributed by atoms with van der Waals surface area (Å²) in [5.74, 6) is -0.536. The third-order valence-electron chi connectivity index (χ3n) is 3.92. The quantitative estimate of drug-likeness (QED) is 0.749. The summed E-state index contributed by atoms with van der Waals surface area (Å²) in [6, 6.07) is 12.7. The first-order valence-corrected chi connectivity index (χ1v) is 8.99. The normalized spacial score (nSPS) is 11.6. The van der Waals surface area contributed by atoms with Gasteiger partial charge < -0.3 is 15.0 Å². The number of carbonyl (C=O) groups excluding carboxylic acids is 2. The fourth-order valence-electron chi connectivity index (χ4n) is 2.42. The van der Waals surface area contributed by atoms with E-state index in [2.05, 4.69) is 5.32 Å². The van der Waals surface area contributed by atoms with Crippen molar-refractivity contribution in [3.8, 4) is 5.75 Å². The highest BCUT2D eigenvalue weighted by molar-refractivity contribution is 6.32. The van der Waals surface area contributed by atoms with E-state index in [4.69, 9.17) is 16.3 Å². The number of carbonyl (C=O) groups is 2. The van der Waals surface area contributed by atoms with E-state index in [1.807, 2.05) is 0 Å². The van der Waals surface area contributed by atoms with Gasteiger partial charge in [0.1, 0.15) is 11.6 Å². The molecule has 2 aromatic carbocycles. The van der Waals surface area contributed by atoms with E-state index in [0.717, 1.165) is 5.56 Å². The summed E-state index contributed by atoms with van der Waals surface area (Å²) in [6.07, 6.45) is -0.783. The van der Waals surface area contributed by atoms with Crippen LogP contribution in [-0.4, -0.2) is 35.9 Å². The Morgan fingerprint density at radius 2 is 1.85 bits per heavy atom. The van der Waals surface area contributed by atoms with Gasteiger partial charge in [-0.15, -0.1) is 0 Å². The van der Waals surface area contributed by atoms with E-state index in [0.29, 0.717) is 17.3 Å². The van der Waals surface area contributed by atoms with Gasteiger partial charge >= 0.3 is 0 Å². The molecule has 2 aromatic rings. The Bertz CT molecular complexity index is 783. The second kappa shape index (κ2) is 9.92. The standard InChI is InChI=1S/C20H22ClFN2O3/c1-3-24(13-19(25)23-12-15-8-10-16(22)11-9-15)20(26)14(2)27-18-7-5-4-6-17(18)21/h4-11,14H,3,12-13H2,1-2H3,(H,23,25). The lowest BCUT2D eigenvalue weighted by atomic mass is 10.2. The monoisotopic (exact) mass is 392 g/mol. The van der Waals surface area contributed by atoms with Gasteiger partial charge in [-0.25, -0.2) is 4.39 Å². The Balaban J connectivity index is 1.88. The molecule has 0 aromatic heterocycles. The first-order chi connectivity index (χ1) is 12.9. The molecule has 144 valence electrons. The van der Waals surface area contributed by atoms with Crippen LogP contribution in [0.3, 0.4) is 0 Å². The molecule has 2 amide bonds. The number of nitrogens with one attached hydrogen (secondary N) is 1. The van der Waals surface area contributed by atoms with E-state index >= 15 is 0 Å². The zero-order chi connectivity index (χ0) is 19.8. The van der Waals surface area contributed by atoms with Crippen LogP contribution in [0.1, 0.15) is 19.4 Å². The minimum Gasteiger partial charge on any atom is -0.479 e. The number of hydrogen-bond acceptors (Lipinski definition) is 3. The van der Waals surface area contributed by atoms with Crippen molar-refractivity contribution in [2.24, 2.45) is 0 Å². The lowest BCUT2D eigenvalue weighted by Gasteiger charge is -2.24. The number of para-hydroxylation sites is 1. The van der Waals surface area contributed by atoms with Crippen LogP contribution in [0.4, 0.5) is 4.39 Å². The topological polar surface area (TPSA) is 58.6 Å². The Hall–Kier alpha value is -2.60. The molecule has 0 aliphatic rings. The molecule has 27 heavy (non-hydrogen) atoms. The number of hydrogen-bond donors (Lipinski definition) is 1. The third kappa shape index (κ3) is 6.25. The molecule has 0 spiro atoms. The molecule has 0 saturated heterocycles. The molecule has 5 nitrogen and oxygen atoms in total. The molecule has 1 atom stereocenters. The molecule has 0 saturated carbocycles. The molecule has 0 bridgehead atoms. The Morgan fingerprint density at radius 3 is 2.48 bits per heavy atom. The molecule has 0 radical (unpaired) electrons. The average molecular weight is 393 g/mol. The largest absolute Gasteiger partial charge is 0.479 e. The maximum atomic E-state index is 12.9. The van der Waals surface area contributed by atoms with Crippen molar-refractivity contribution in [2.45, 2.75) is 26.5 Å². The zero-order valence-electron chi connectivity index (χ0n) is 15.2. The van der Waals surface area contributed by atoms with Crippen LogP contribution >= 0.6 is 11.6 Å². The summed E-state index contributed by atoms with van der Waals surface area (Å²) in [6.45, 7) is 3.93. The van der Waals surface area contributed by atoms with Crippen molar-refractivity contribution < 1.29 is 18.7 Å². The number of nitrogens with zero attached hydrogens (tertiary/aromatic N) is 1. The number of ether oxygens (including phenoxy) is 1. The average Bonchev–Trinajstić information content (AvgIpc) is 2.66. The first-order valence-electron chi connectivity index (χ1n) is 8.61. The number of halogens is 2. The van der Waals surface area contributed by atoms with Crippen molar-refractivity contribution in [2.75, 3.05) is 13.1 Å². The van der Waals surface area contributed by atoms with Crippen molar-refractivity contribution in [3.05, 3.63) is 64.9 Å². The smallest absolute Gasteiger partial charge is 0.263 e. The maximum Gasteiger partial charge on any atom is 0.263 e. The summed E-state index contributed by atoms with van der Waals surface area (Å²) in [4.78, 5) is 26.1. The fraction of sp³-hybridized carbons (Fsp3) is 0.300. The van der Waals surface area contributed by atoms with Crippen LogP contribution in [0.25, 0.3) is 0 Å². The van der Waals surface area contributed by atoms with Crippen LogP contribution < -0.4 is 10.1 Å². The summed E-state index contributed by atoms with van der Waals surface area (Å²) in [5.41, 5.74) is 0.773. The minimum absolute atomic E-state index is 0.0905. The number of rotatable bonds is 8. The van der Waals surface area contributed by atoms with E-state index in [9.17, 15) is 14.0 Å². The number of likely N-dealkylation sites (N-methyl/N-ethyl adjacent to an activating group) is 1. The van der Waals surface area contributed by atoms with Gasteiger partial charge in [-0.05, 0) is 43.7 Å². The van der Waals surface area contributed by atoms with Crippen molar-refractivity contribution in [1.29, 1.82) is 0 Å². The zero-order valence-corrected chi connectivity index (χ0v) is 16.0. The molecule has 1 unspecified atom stereocenters. The van der Waals surface area contributed by atoms with Crippen LogP contribution in [0.5, 0.6) is 5.75 Å².